The molecule has 1 aromatic rings. The van der Waals surface area contributed by atoms with Gasteiger partial charge in [-0.15, -0.1) is 0 Å². The van der Waals surface area contributed by atoms with Crippen molar-refractivity contribution in [3.05, 3.63) is 35.4 Å². The topological polar surface area (TPSA) is 197 Å². The first-order valence-electron chi connectivity index (χ1n) is 16.3. The maximum absolute atomic E-state index is 13.5. The lowest BCUT2D eigenvalue weighted by atomic mass is 9.45. The van der Waals surface area contributed by atoms with E-state index in [1.165, 1.54) is 18.2 Å². The minimum atomic E-state index is -1.79. The van der Waals surface area contributed by atoms with Crippen LogP contribution in [0.2, 0.25) is 0 Å². The van der Waals surface area contributed by atoms with E-state index in [1.807, 2.05) is 6.92 Å². The van der Waals surface area contributed by atoms with Crippen LogP contribution in [0, 0.1) is 28.6 Å². The molecule has 4 aliphatic carbocycles. The quantitative estimate of drug-likeness (QED) is 0.183. The van der Waals surface area contributed by atoms with E-state index in [0.29, 0.717) is 24.8 Å². The predicted molar refractivity (Wildman–Crippen MR) is 166 cm³/mol. The van der Waals surface area contributed by atoms with Gasteiger partial charge in [0.05, 0.1) is 19.6 Å². The van der Waals surface area contributed by atoms with Gasteiger partial charge < -0.3 is 35.2 Å². The predicted octanol–water partition coefficient (Wildman–Crippen LogP) is 2.42. The van der Waals surface area contributed by atoms with Crippen LogP contribution in [0.3, 0.4) is 0 Å². The third kappa shape index (κ3) is 6.29. The van der Waals surface area contributed by atoms with E-state index in [4.69, 9.17) is 9.47 Å². The van der Waals surface area contributed by atoms with Crippen LogP contribution in [0.15, 0.2) is 29.8 Å². The zero-order chi connectivity index (χ0) is 34.3. The molecule has 0 bridgehead atoms. The minimum absolute atomic E-state index is 0.0199. The maximum atomic E-state index is 13.5. The van der Waals surface area contributed by atoms with Gasteiger partial charge >= 0.3 is 11.9 Å². The second kappa shape index (κ2) is 13.0. The lowest BCUT2D eigenvalue weighted by molar-refractivity contribution is -0.184. The van der Waals surface area contributed by atoms with Gasteiger partial charge in [-0.1, -0.05) is 25.5 Å². The molecule has 47 heavy (non-hydrogen) atoms. The van der Waals surface area contributed by atoms with Gasteiger partial charge in [0.15, 0.2) is 23.9 Å². The van der Waals surface area contributed by atoms with Crippen molar-refractivity contribution in [2.45, 2.75) is 95.8 Å². The van der Waals surface area contributed by atoms with Crippen molar-refractivity contribution in [3.63, 3.8) is 0 Å². The van der Waals surface area contributed by atoms with Crippen LogP contribution in [0.4, 0.5) is 0 Å². The number of benzene rings is 1. The molecule has 3 saturated carbocycles. The molecule has 8 atom stereocenters. The van der Waals surface area contributed by atoms with Crippen molar-refractivity contribution in [2.75, 3.05) is 13.7 Å². The summed E-state index contributed by atoms with van der Waals surface area (Å²) in [5, 5.41) is 45.1. The smallest absolute Gasteiger partial charge is 0.328 e. The SMILES string of the molecule is COC(=O)[C@H](Cc1ccc(O)c(O)c1)NC(=O)CCC(=O)OCC(=O)[C@@]1(O)CC[C@@H]2[C@@H]3CCC4=CC(=O)CC[C@]4(C)[C@@H]3[C@@H](O)C[C@@]21C. The number of hydrogen-bond acceptors (Lipinski definition) is 11. The maximum Gasteiger partial charge on any atom is 0.328 e. The number of aromatic hydroxyl groups is 2. The number of aliphatic hydroxyl groups is 2. The standard InChI is InChI=1S/C35H45NO11/c1-33-12-10-21(37)16-20(33)5-6-22-23-11-13-35(45,34(23,2)17-27(40)31(22)33)28(41)18-47-30(43)9-8-29(42)36-24(32(44)46-3)14-19-4-7-25(38)26(39)15-19/h4,7,15-16,22-24,27,31,38-40,45H,5-6,8-14,17-18H2,1-3H3,(H,36,42)/t22-,23+,24-,27-,31-,33-,34-,35-/m0/s1. The zero-order valence-electron chi connectivity index (χ0n) is 27.1. The van der Waals surface area contributed by atoms with Gasteiger partial charge in [-0.3, -0.25) is 19.2 Å². The number of fused-ring (bicyclic) bond motifs is 5. The highest BCUT2D eigenvalue weighted by Crippen LogP contribution is 2.67. The summed E-state index contributed by atoms with van der Waals surface area (Å²) in [6.45, 7) is 3.31. The number of methoxy groups -OCH3 is 1. The van der Waals surface area contributed by atoms with Gasteiger partial charge in [0.1, 0.15) is 11.6 Å². The number of rotatable bonds is 10. The van der Waals surface area contributed by atoms with Gasteiger partial charge in [0, 0.05) is 24.7 Å². The lowest BCUT2D eigenvalue weighted by Crippen LogP contribution is -2.62. The molecule has 0 unspecified atom stereocenters. The number of ketones is 2. The first-order chi connectivity index (χ1) is 22.1. The number of Topliss-reactive ketones (excluding diaryl/α,β-unsaturated/α-hetero) is 1. The van der Waals surface area contributed by atoms with Crippen LogP contribution in [0.25, 0.3) is 0 Å². The van der Waals surface area contributed by atoms with E-state index >= 15 is 0 Å². The van der Waals surface area contributed by atoms with Crippen molar-refractivity contribution in [3.8, 4) is 11.5 Å². The summed E-state index contributed by atoms with van der Waals surface area (Å²) in [5.41, 5.74) is -1.47. The van der Waals surface area contributed by atoms with Crippen LogP contribution in [0.1, 0.15) is 77.2 Å². The average Bonchev–Trinajstić information content (AvgIpc) is 3.30. The van der Waals surface area contributed by atoms with E-state index in [1.54, 1.807) is 6.08 Å². The van der Waals surface area contributed by atoms with Crippen LogP contribution < -0.4 is 5.32 Å². The average molecular weight is 656 g/mol. The molecule has 1 aromatic carbocycles. The molecule has 3 fully saturated rings. The molecule has 0 aliphatic heterocycles. The summed E-state index contributed by atoms with van der Waals surface area (Å²) in [5.74, 6) is -3.47. The summed E-state index contributed by atoms with van der Waals surface area (Å²) in [6.07, 6.45) is 3.87. The van der Waals surface area contributed by atoms with Crippen LogP contribution in [-0.4, -0.2) is 81.3 Å². The van der Waals surface area contributed by atoms with E-state index in [-0.39, 0.29) is 72.6 Å². The van der Waals surface area contributed by atoms with E-state index in [2.05, 4.69) is 12.2 Å². The second-order valence-electron chi connectivity index (χ2n) is 14.2. The third-order valence-electron chi connectivity index (χ3n) is 11.7. The number of amides is 1. The molecule has 256 valence electrons. The van der Waals surface area contributed by atoms with Crippen LogP contribution >= 0.6 is 0 Å². The Kier molecular flexibility index (Phi) is 9.58. The number of phenolic OH excluding ortho intramolecular Hbond substituents is 2. The molecule has 0 radical (unpaired) electrons. The molecule has 4 aliphatic rings. The number of hydrogen-bond donors (Lipinski definition) is 5. The highest BCUT2D eigenvalue weighted by Gasteiger charge is 2.68. The van der Waals surface area contributed by atoms with Gasteiger partial charge in [-0.2, -0.15) is 0 Å². The highest BCUT2D eigenvalue weighted by atomic mass is 16.5. The summed E-state index contributed by atoms with van der Waals surface area (Å²) in [4.78, 5) is 63.1. The monoisotopic (exact) mass is 655 g/mol. The number of carbonyl (C=O) groups is 5. The molecule has 0 saturated heterocycles. The minimum Gasteiger partial charge on any atom is -0.504 e. The van der Waals surface area contributed by atoms with Gasteiger partial charge in [0.25, 0.3) is 0 Å². The van der Waals surface area contributed by atoms with Crippen LogP contribution in [0.5, 0.6) is 11.5 Å². The molecule has 0 heterocycles. The number of nitrogens with one attached hydrogen (secondary N) is 1. The first kappa shape index (κ1) is 34.6. The fourth-order valence-electron chi connectivity index (χ4n) is 9.24. The molecule has 0 spiro atoms. The number of carbonyl (C=O) groups excluding carboxylic acids is 5. The fourth-order valence-corrected chi connectivity index (χ4v) is 9.24. The molecule has 0 aromatic heterocycles. The number of esters is 2. The van der Waals surface area contributed by atoms with Crippen molar-refractivity contribution >= 4 is 29.4 Å². The summed E-state index contributed by atoms with van der Waals surface area (Å²) < 4.78 is 9.96. The van der Waals surface area contributed by atoms with Crippen molar-refractivity contribution in [2.24, 2.45) is 28.6 Å². The third-order valence-corrected chi connectivity index (χ3v) is 11.7. The summed E-state index contributed by atoms with van der Waals surface area (Å²) >= 11 is 0. The number of allylic oxidation sites excluding steroid dienone is 1. The van der Waals surface area contributed by atoms with Crippen molar-refractivity contribution in [1.29, 1.82) is 0 Å². The lowest BCUT2D eigenvalue weighted by Gasteiger charge is -2.60. The number of phenols is 2. The number of aliphatic hydroxyl groups excluding tert-OH is 1. The highest BCUT2D eigenvalue weighted by molar-refractivity contribution is 5.92. The van der Waals surface area contributed by atoms with E-state index in [0.717, 1.165) is 25.5 Å². The molecular formula is C35H45NO11. The van der Waals surface area contributed by atoms with E-state index in [9.17, 15) is 44.4 Å². The Hall–Kier alpha value is -3.77. The molecule has 1 amide bonds. The van der Waals surface area contributed by atoms with Crippen molar-refractivity contribution in [1.82, 2.24) is 5.32 Å². The first-order valence-corrected chi connectivity index (χ1v) is 16.3. The van der Waals surface area contributed by atoms with E-state index < -0.39 is 53.4 Å². The molecule has 5 rings (SSSR count). The number of ether oxygens (including phenoxy) is 2. The molecular weight excluding hydrogens is 610 g/mol. The Morgan fingerprint density at radius 1 is 1.04 bits per heavy atom. The Labute approximate surface area is 273 Å². The Morgan fingerprint density at radius 2 is 1.79 bits per heavy atom. The fraction of sp³-hybridized carbons (Fsp3) is 0.629. The van der Waals surface area contributed by atoms with Crippen molar-refractivity contribution < 1.29 is 53.9 Å². The van der Waals surface area contributed by atoms with Gasteiger partial charge in [-0.25, -0.2) is 4.79 Å². The molecule has 12 heteroatoms. The Balaban J connectivity index is 1.16. The normalized spacial score (nSPS) is 33.4. The van der Waals surface area contributed by atoms with Gasteiger partial charge in [-0.05, 0) is 85.5 Å². The summed E-state index contributed by atoms with van der Waals surface area (Å²) in [6, 6.07) is 2.85. The summed E-state index contributed by atoms with van der Waals surface area (Å²) in [7, 11) is 1.15. The van der Waals surface area contributed by atoms with Crippen LogP contribution in [-0.2, 0) is 39.9 Å². The molecule has 12 nitrogen and oxygen atoms in total. The molecule has 5 N–H and O–H groups in total. The zero-order valence-corrected chi connectivity index (χ0v) is 27.1. The second-order valence-corrected chi connectivity index (χ2v) is 14.2. The Morgan fingerprint density at radius 3 is 2.49 bits per heavy atom. The Bertz CT molecular complexity index is 1490. The van der Waals surface area contributed by atoms with Gasteiger partial charge in [0.2, 0.25) is 11.7 Å². The largest absolute Gasteiger partial charge is 0.504 e.